The Kier molecular flexibility index (Phi) is 4.31. The van der Waals surface area contributed by atoms with Crippen molar-refractivity contribution in [1.82, 2.24) is 4.57 Å². The van der Waals surface area contributed by atoms with Gasteiger partial charge in [0, 0.05) is 22.8 Å². The molecule has 0 saturated carbocycles. The second kappa shape index (κ2) is 5.81. The molecule has 2 rings (SSSR count). The molecule has 1 aromatic carbocycles. The molecule has 2 aromatic rings. The molecule has 0 aliphatic rings. The molecule has 0 bridgehead atoms. The summed E-state index contributed by atoms with van der Waals surface area (Å²) in [4.78, 5) is 12.6. The highest BCUT2D eigenvalue weighted by Gasteiger charge is 2.18. The van der Waals surface area contributed by atoms with Crippen LogP contribution in [0.25, 0.3) is 0 Å². The van der Waals surface area contributed by atoms with Crippen LogP contribution in [0.5, 0.6) is 0 Å². The standard InChI is InChI=1S/C16H19ClN2O/c1-4-19-11(3)9-10(2)14(16(19)20)15(18)12-5-7-13(17)8-6-12/h5-9,15H,4,18H2,1-3H3. The van der Waals surface area contributed by atoms with Gasteiger partial charge in [0.15, 0.2) is 0 Å². The second-order valence-electron chi connectivity index (χ2n) is 4.96. The molecule has 3 nitrogen and oxygen atoms in total. The molecule has 0 aliphatic heterocycles. The van der Waals surface area contributed by atoms with Crippen LogP contribution in [-0.4, -0.2) is 4.57 Å². The van der Waals surface area contributed by atoms with Crippen LogP contribution in [0, 0.1) is 13.8 Å². The predicted molar refractivity (Wildman–Crippen MR) is 83.3 cm³/mol. The molecule has 1 heterocycles. The molecule has 4 heteroatoms. The number of benzene rings is 1. The number of hydrogen-bond acceptors (Lipinski definition) is 2. The summed E-state index contributed by atoms with van der Waals surface area (Å²) in [6.45, 7) is 6.47. The van der Waals surface area contributed by atoms with Gasteiger partial charge in [-0.3, -0.25) is 4.79 Å². The zero-order valence-electron chi connectivity index (χ0n) is 12.0. The van der Waals surface area contributed by atoms with Crippen molar-refractivity contribution < 1.29 is 0 Å². The molecule has 0 amide bonds. The van der Waals surface area contributed by atoms with Crippen LogP contribution in [0.2, 0.25) is 5.02 Å². The second-order valence-corrected chi connectivity index (χ2v) is 5.40. The first-order valence-corrected chi connectivity index (χ1v) is 7.05. The van der Waals surface area contributed by atoms with Gasteiger partial charge in [0.1, 0.15) is 0 Å². The molecule has 1 atom stereocenters. The maximum absolute atomic E-state index is 12.6. The van der Waals surface area contributed by atoms with Gasteiger partial charge in [-0.15, -0.1) is 0 Å². The summed E-state index contributed by atoms with van der Waals surface area (Å²) in [6, 6.07) is 8.88. The number of nitrogens with zero attached hydrogens (tertiary/aromatic N) is 1. The van der Waals surface area contributed by atoms with Crippen molar-refractivity contribution in [1.29, 1.82) is 0 Å². The van der Waals surface area contributed by atoms with Gasteiger partial charge in [-0.1, -0.05) is 23.7 Å². The van der Waals surface area contributed by atoms with Crippen LogP contribution < -0.4 is 11.3 Å². The van der Waals surface area contributed by atoms with Gasteiger partial charge >= 0.3 is 0 Å². The average molecular weight is 291 g/mol. The molecule has 20 heavy (non-hydrogen) atoms. The van der Waals surface area contributed by atoms with E-state index >= 15 is 0 Å². The van der Waals surface area contributed by atoms with Crippen LogP contribution in [0.4, 0.5) is 0 Å². The Morgan fingerprint density at radius 1 is 1.25 bits per heavy atom. The minimum atomic E-state index is -0.432. The Bertz CT molecular complexity index is 674. The van der Waals surface area contributed by atoms with E-state index in [4.69, 9.17) is 17.3 Å². The average Bonchev–Trinajstić information content (AvgIpc) is 2.39. The molecule has 0 fully saturated rings. The molecule has 0 radical (unpaired) electrons. The van der Waals surface area contributed by atoms with Crippen molar-refractivity contribution in [3.05, 3.63) is 68.1 Å². The third-order valence-corrected chi connectivity index (χ3v) is 3.86. The fourth-order valence-electron chi connectivity index (χ4n) is 2.55. The van der Waals surface area contributed by atoms with E-state index in [9.17, 15) is 4.79 Å². The molecular weight excluding hydrogens is 272 g/mol. The number of pyridine rings is 1. The maximum atomic E-state index is 12.6. The van der Waals surface area contributed by atoms with E-state index in [0.717, 1.165) is 16.8 Å². The Morgan fingerprint density at radius 3 is 2.40 bits per heavy atom. The van der Waals surface area contributed by atoms with Gasteiger partial charge < -0.3 is 10.3 Å². The van der Waals surface area contributed by atoms with Crippen molar-refractivity contribution >= 4 is 11.6 Å². The molecule has 1 unspecified atom stereocenters. The van der Waals surface area contributed by atoms with E-state index in [1.165, 1.54) is 0 Å². The summed E-state index contributed by atoms with van der Waals surface area (Å²) < 4.78 is 1.75. The van der Waals surface area contributed by atoms with Gasteiger partial charge in [0.05, 0.1) is 6.04 Å². The third kappa shape index (κ3) is 2.65. The minimum absolute atomic E-state index is 0.00699. The number of rotatable bonds is 3. The molecule has 1 aromatic heterocycles. The van der Waals surface area contributed by atoms with Crippen molar-refractivity contribution in [2.24, 2.45) is 5.73 Å². The third-order valence-electron chi connectivity index (χ3n) is 3.61. The fourth-order valence-corrected chi connectivity index (χ4v) is 2.68. The zero-order valence-corrected chi connectivity index (χ0v) is 12.7. The van der Waals surface area contributed by atoms with E-state index in [0.29, 0.717) is 17.1 Å². The number of aromatic nitrogens is 1. The number of halogens is 1. The van der Waals surface area contributed by atoms with Crippen LogP contribution in [0.3, 0.4) is 0 Å². The lowest BCUT2D eigenvalue weighted by molar-refractivity contribution is 0.674. The lowest BCUT2D eigenvalue weighted by Gasteiger charge is -2.18. The zero-order chi connectivity index (χ0) is 14.9. The Morgan fingerprint density at radius 2 is 1.85 bits per heavy atom. The van der Waals surface area contributed by atoms with E-state index in [1.54, 1.807) is 16.7 Å². The highest BCUT2D eigenvalue weighted by molar-refractivity contribution is 6.30. The van der Waals surface area contributed by atoms with Gasteiger partial charge in [-0.25, -0.2) is 0 Å². The summed E-state index contributed by atoms with van der Waals surface area (Å²) in [6.07, 6.45) is 0. The van der Waals surface area contributed by atoms with E-state index < -0.39 is 6.04 Å². The van der Waals surface area contributed by atoms with E-state index in [-0.39, 0.29) is 5.56 Å². The Balaban J connectivity index is 2.57. The summed E-state index contributed by atoms with van der Waals surface area (Å²) in [5.74, 6) is 0. The first-order valence-electron chi connectivity index (χ1n) is 6.67. The van der Waals surface area contributed by atoms with Crippen molar-refractivity contribution in [2.45, 2.75) is 33.4 Å². The van der Waals surface area contributed by atoms with Gasteiger partial charge in [-0.2, -0.15) is 0 Å². The van der Waals surface area contributed by atoms with E-state index in [2.05, 4.69) is 0 Å². The van der Waals surface area contributed by atoms with Crippen molar-refractivity contribution in [3.63, 3.8) is 0 Å². The molecule has 2 N–H and O–H groups in total. The van der Waals surface area contributed by atoms with Gasteiger partial charge in [0.2, 0.25) is 0 Å². The topological polar surface area (TPSA) is 48.0 Å². The smallest absolute Gasteiger partial charge is 0.256 e. The summed E-state index contributed by atoms with van der Waals surface area (Å²) >= 11 is 5.89. The first-order chi connectivity index (χ1) is 9.45. The predicted octanol–water partition coefficient (Wildman–Crippen LogP) is 3.19. The first kappa shape index (κ1) is 14.8. The summed E-state index contributed by atoms with van der Waals surface area (Å²) in [7, 11) is 0. The van der Waals surface area contributed by atoms with Crippen LogP contribution in [0.1, 0.15) is 35.3 Å². The Hall–Kier alpha value is -1.58. The highest BCUT2D eigenvalue weighted by Crippen LogP contribution is 2.22. The maximum Gasteiger partial charge on any atom is 0.256 e. The number of nitrogens with two attached hydrogens (primary N) is 1. The van der Waals surface area contributed by atoms with Crippen LogP contribution >= 0.6 is 11.6 Å². The molecule has 106 valence electrons. The largest absolute Gasteiger partial charge is 0.320 e. The van der Waals surface area contributed by atoms with Crippen molar-refractivity contribution in [3.8, 4) is 0 Å². The van der Waals surface area contributed by atoms with Crippen LogP contribution in [0.15, 0.2) is 35.1 Å². The lowest BCUT2D eigenvalue weighted by Crippen LogP contribution is -2.31. The van der Waals surface area contributed by atoms with E-state index in [1.807, 2.05) is 39.0 Å². The molecule has 0 saturated heterocycles. The summed E-state index contributed by atoms with van der Waals surface area (Å²) in [5, 5.41) is 0.660. The number of aryl methyl sites for hydroxylation is 2. The van der Waals surface area contributed by atoms with Crippen molar-refractivity contribution in [2.75, 3.05) is 0 Å². The quantitative estimate of drug-likeness (QED) is 0.944. The SMILES string of the molecule is CCn1c(C)cc(C)c(C(N)c2ccc(Cl)cc2)c1=O. The van der Waals surface area contributed by atoms with Crippen LogP contribution in [-0.2, 0) is 6.54 Å². The highest BCUT2D eigenvalue weighted by atomic mass is 35.5. The lowest BCUT2D eigenvalue weighted by atomic mass is 9.96. The molecule has 0 spiro atoms. The molecular formula is C16H19ClN2O. The Labute approximate surface area is 124 Å². The monoisotopic (exact) mass is 290 g/mol. The number of hydrogen-bond donors (Lipinski definition) is 1. The minimum Gasteiger partial charge on any atom is -0.320 e. The fraction of sp³-hybridized carbons (Fsp3) is 0.312. The van der Waals surface area contributed by atoms with Gasteiger partial charge in [0.25, 0.3) is 5.56 Å². The molecule has 0 aliphatic carbocycles. The normalized spacial score (nSPS) is 12.4. The summed E-state index contributed by atoms with van der Waals surface area (Å²) in [5.41, 5.74) is 9.71. The van der Waals surface area contributed by atoms with Gasteiger partial charge in [-0.05, 0) is 50.1 Å².